The molecule has 0 bridgehead atoms. The number of furan rings is 1. The Hall–Kier alpha value is -2.47. The number of hydrogen-bond donors (Lipinski definition) is 2. The second-order valence-corrected chi connectivity index (χ2v) is 6.06. The zero-order valence-corrected chi connectivity index (χ0v) is 12.5. The molecule has 1 aliphatic carbocycles. The van der Waals surface area contributed by atoms with E-state index < -0.39 is 5.97 Å². The molecule has 1 aromatic heterocycles. The lowest BCUT2D eigenvalue weighted by molar-refractivity contribution is 0.0696. The Morgan fingerprint density at radius 2 is 2.04 bits per heavy atom. The van der Waals surface area contributed by atoms with Gasteiger partial charge in [-0.2, -0.15) is 0 Å². The van der Waals surface area contributed by atoms with E-state index in [2.05, 4.69) is 17.4 Å². The zero-order valence-electron chi connectivity index (χ0n) is 12.5. The molecule has 2 aromatic rings. The molecule has 2 N–H and O–H groups in total. The van der Waals surface area contributed by atoms with E-state index in [1.165, 1.54) is 11.8 Å². The van der Waals surface area contributed by atoms with E-state index in [-0.39, 0.29) is 17.8 Å². The number of fused-ring (bicyclic) bond motifs is 1. The summed E-state index contributed by atoms with van der Waals surface area (Å²) in [7, 11) is 0. The van der Waals surface area contributed by atoms with E-state index in [0.717, 1.165) is 30.9 Å². The van der Waals surface area contributed by atoms with Gasteiger partial charge in [0.15, 0.2) is 11.5 Å². The van der Waals surface area contributed by atoms with Crippen molar-refractivity contribution in [3.63, 3.8) is 0 Å². The molecule has 1 aromatic carbocycles. The molecule has 23 heavy (non-hydrogen) atoms. The number of ether oxygens (including phenoxy) is 2. The Bertz CT molecular complexity index is 747. The first-order chi connectivity index (χ1) is 11.2. The van der Waals surface area contributed by atoms with Gasteiger partial charge in [-0.05, 0) is 36.6 Å². The zero-order chi connectivity index (χ0) is 15.9. The molecule has 0 atom stereocenters. The van der Waals surface area contributed by atoms with Crippen molar-refractivity contribution in [2.75, 3.05) is 13.3 Å². The molecule has 1 saturated carbocycles. The first-order valence-electron chi connectivity index (χ1n) is 7.58. The SMILES string of the molecule is O=C(O)c1coc(CNCC2(c3ccc4c(c3)OCO4)CC2)c1. The van der Waals surface area contributed by atoms with Crippen LogP contribution in [0.2, 0.25) is 0 Å². The van der Waals surface area contributed by atoms with Crippen LogP contribution in [0.15, 0.2) is 34.9 Å². The molecule has 4 rings (SSSR count). The number of hydrogen-bond acceptors (Lipinski definition) is 5. The molecule has 0 radical (unpaired) electrons. The van der Waals surface area contributed by atoms with Crippen molar-refractivity contribution in [3.8, 4) is 11.5 Å². The van der Waals surface area contributed by atoms with Crippen molar-refractivity contribution in [1.82, 2.24) is 5.32 Å². The summed E-state index contributed by atoms with van der Waals surface area (Å²) in [6, 6.07) is 7.67. The maximum atomic E-state index is 10.8. The van der Waals surface area contributed by atoms with Crippen LogP contribution >= 0.6 is 0 Å². The average molecular weight is 315 g/mol. The highest BCUT2D eigenvalue weighted by Crippen LogP contribution is 2.49. The summed E-state index contributed by atoms with van der Waals surface area (Å²) in [5, 5.41) is 12.3. The molecule has 0 unspecified atom stereocenters. The van der Waals surface area contributed by atoms with Crippen LogP contribution in [-0.4, -0.2) is 24.4 Å². The minimum absolute atomic E-state index is 0.128. The van der Waals surface area contributed by atoms with Gasteiger partial charge in [0.05, 0.1) is 12.1 Å². The number of carbonyl (C=O) groups is 1. The minimum Gasteiger partial charge on any atom is -0.478 e. The highest BCUT2D eigenvalue weighted by Gasteiger charge is 2.44. The van der Waals surface area contributed by atoms with Crippen LogP contribution < -0.4 is 14.8 Å². The summed E-state index contributed by atoms with van der Waals surface area (Å²) in [6.45, 7) is 1.61. The molecule has 0 amide bonds. The molecular weight excluding hydrogens is 298 g/mol. The van der Waals surface area contributed by atoms with Crippen molar-refractivity contribution in [3.05, 3.63) is 47.4 Å². The van der Waals surface area contributed by atoms with Crippen LogP contribution in [-0.2, 0) is 12.0 Å². The number of carboxylic acid groups (broad SMARTS) is 1. The van der Waals surface area contributed by atoms with E-state index in [9.17, 15) is 4.79 Å². The van der Waals surface area contributed by atoms with Gasteiger partial charge in [-0.15, -0.1) is 0 Å². The predicted octanol–water partition coefficient (Wildman–Crippen LogP) is 2.53. The van der Waals surface area contributed by atoms with Crippen molar-refractivity contribution in [2.24, 2.45) is 0 Å². The highest BCUT2D eigenvalue weighted by molar-refractivity contribution is 5.87. The smallest absolute Gasteiger partial charge is 0.338 e. The average Bonchev–Trinajstić information content (AvgIpc) is 2.99. The quantitative estimate of drug-likeness (QED) is 0.852. The second kappa shape index (κ2) is 5.31. The maximum absolute atomic E-state index is 10.8. The monoisotopic (exact) mass is 315 g/mol. The molecule has 6 heteroatoms. The number of rotatable bonds is 6. The molecule has 0 saturated heterocycles. The van der Waals surface area contributed by atoms with Gasteiger partial charge in [0.2, 0.25) is 6.79 Å². The first-order valence-corrected chi connectivity index (χ1v) is 7.58. The van der Waals surface area contributed by atoms with Gasteiger partial charge in [-0.1, -0.05) is 6.07 Å². The largest absolute Gasteiger partial charge is 0.478 e. The number of carboxylic acids is 1. The summed E-state index contributed by atoms with van der Waals surface area (Å²) < 4.78 is 16.0. The van der Waals surface area contributed by atoms with Crippen molar-refractivity contribution in [1.29, 1.82) is 0 Å². The number of aromatic carboxylic acids is 1. The molecule has 1 fully saturated rings. The fraction of sp³-hybridized carbons (Fsp3) is 0.353. The molecule has 0 spiro atoms. The Kier molecular flexibility index (Phi) is 3.27. The second-order valence-electron chi connectivity index (χ2n) is 6.06. The third-order valence-corrected chi connectivity index (χ3v) is 4.50. The third-order valence-electron chi connectivity index (χ3n) is 4.50. The van der Waals surface area contributed by atoms with E-state index in [4.69, 9.17) is 19.0 Å². The van der Waals surface area contributed by atoms with Gasteiger partial charge in [0.1, 0.15) is 12.0 Å². The van der Waals surface area contributed by atoms with Crippen LogP contribution in [0.25, 0.3) is 0 Å². The Morgan fingerprint density at radius 3 is 2.78 bits per heavy atom. The fourth-order valence-electron chi connectivity index (χ4n) is 2.96. The topological polar surface area (TPSA) is 80.9 Å². The van der Waals surface area contributed by atoms with Crippen molar-refractivity contribution < 1.29 is 23.8 Å². The molecule has 2 aliphatic rings. The van der Waals surface area contributed by atoms with Crippen molar-refractivity contribution >= 4 is 5.97 Å². The van der Waals surface area contributed by atoms with E-state index in [0.29, 0.717) is 12.3 Å². The Balaban J connectivity index is 1.39. The number of nitrogens with one attached hydrogen (secondary N) is 1. The summed E-state index contributed by atoms with van der Waals surface area (Å²) in [6.07, 6.45) is 3.51. The lowest BCUT2D eigenvalue weighted by Crippen LogP contribution is -2.26. The molecule has 1 aliphatic heterocycles. The third kappa shape index (κ3) is 2.66. The summed E-state index contributed by atoms with van der Waals surface area (Å²) in [5.74, 6) is 1.27. The lowest BCUT2D eigenvalue weighted by Gasteiger charge is -2.16. The van der Waals surface area contributed by atoms with Gasteiger partial charge >= 0.3 is 5.97 Å². The first kappa shape index (κ1) is 14.1. The van der Waals surface area contributed by atoms with Gasteiger partial charge in [-0.25, -0.2) is 4.79 Å². The Labute approximate surface area is 133 Å². The van der Waals surface area contributed by atoms with E-state index in [1.54, 1.807) is 6.07 Å². The van der Waals surface area contributed by atoms with E-state index in [1.807, 2.05) is 6.07 Å². The predicted molar refractivity (Wildman–Crippen MR) is 80.9 cm³/mol. The highest BCUT2D eigenvalue weighted by atomic mass is 16.7. The molecular formula is C17H17NO5. The normalized spacial score (nSPS) is 17.2. The van der Waals surface area contributed by atoms with Crippen LogP contribution in [0.4, 0.5) is 0 Å². The van der Waals surface area contributed by atoms with Gasteiger partial charge < -0.3 is 24.3 Å². The molecule has 2 heterocycles. The summed E-state index contributed by atoms with van der Waals surface area (Å²) in [4.78, 5) is 10.8. The van der Waals surface area contributed by atoms with Gasteiger partial charge in [0, 0.05) is 12.0 Å². The van der Waals surface area contributed by atoms with Crippen LogP contribution in [0, 0.1) is 0 Å². The van der Waals surface area contributed by atoms with Crippen LogP contribution in [0.5, 0.6) is 11.5 Å². The van der Waals surface area contributed by atoms with Gasteiger partial charge in [-0.3, -0.25) is 0 Å². The summed E-state index contributed by atoms with van der Waals surface area (Å²) >= 11 is 0. The minimum atomic E-state index is -0.973. The standard InChI is InChI=1S/C17H17NO5/c19-16(20)11-5-13(21-8-11)7-18-9-17(3-4-17)12-1-2-14-15(6-12)23-10-22-14/h1-2,5-6,8,18H,3-4,7,9-10H2,(H,19,20). The van der Waals surface area contributed by atoms with Crippen molar-refractivity contribution in [2.45, 2.75) is 24.8 Å². The number of benzene rings is 1. The lowest BCUT2D eigenvalue weighted by atomic mass is 9.95. The maximum Gasteiger partial charge on any atom is 0.338 e. The van der Waals surface area contributed by atoms with Gasteiger partial charge in [0.25, 0.3) is 0 Å². The molecule has 120 valence electrons. The Morgan fingerprint density at radius 1 is 1.22 bits per heavy atom. The van der Waals surface area contributed by atoms with Crippen LogP contribution in [0.1, 0.15) is 34.5 Å². The van der Waals surface area contributed by atoms with Crippen LogP contribution in [0.3, 0.4) is 0 Å². The summed E-state index contributed by atoms with van der Waals surface area (Å²) in [5.41, 5.74) is 1.56. The van der Waals surface area contributed by atoms with E-state index >= 15 is 0 Å². The fourth-order valence-corrected chi connectivity index (χ4v) is 2.96. The molecule has 6 nitrogen and oxygen atoms in total.